The SMILES string of the molecule is C[NH+](C)Cc1ccccc1CNC(=O)c1cc2ccccc2o1. The average molecular weight is 309 g/mol. The van der Waals surface area contributed by atoms with Gasteiger partial charge in [0, 0.05) is 17.5 Å². The summed E-state index contributed by atoms with van der Waals surface area (Å²) in [6, 6.07) is 17.6. The number of benzene rings is 2. The third-order valence-corrected chi connectivity index (χ3v) is 3.75. The van der Waals surface area contributed by atoms with Crippen LogP contribution in [0.15, 0.2) is 59.0 Å². The van der Waals surface area contributed by atoms with Crippen LogP contribution in [0.5, 0.6) is 0 Å². The maximum absolute atomic E-state index is 12.3. The Kier molecular flexibility index (Phi) is 4.44. The fraction of sp³-hybridized carbons (Fsp3) is 0.211. The van der Waals surface area contributed by atoms with Crippen LogP contribution in [0.25, 0.3) is 11.0 Å². The topological polar surface area (TPSA) is 46.7 Å². The lowest BCUT2D eigenvalue weighted by Crippen LogP contribution is -3.04. The third kappa shape index (κ3) is 3.60. The quantitative estimate of drug-likeness (QED) is 0.757. The highest BCUT2D eigenvalue weighted by atomic mass is 16.3. The van der Waals surface area contributed by atoms with E-state index < -0.39 is 0 Å². The molecule has 2 aromatic carbocycles. The van der Waals surface area contributed by atoms with Crippen LogP contribution in [0.1, 0.15) is 21.7 Å². The molecule has 0 fully saturated rings. The first kappa shape index (κ1) is 15.3. The number of furan rings is 1. The van der Waals surface area contributed by atoms with Crippen molar-refractivity contribution in [3.63, 3.8) is 0 Å². The van der Waals surface area contributed by atoms with Crippen LogP contribution in [0, 0.1) is 0 Å². The summed E-state index contributed by atoms with van der Waals surface area (Å²) in [5.74, 6) is 0.162. The van der Waals surface area contributed by atoms with Gasteiger partial charge in [-0.05, 0) is 17.7 Å². The Morgan fingerprint density at radius 1 is 1.04 bits per heavy atom. The van der Waals surface area contributed by atoms with Gasteiger partial charge in [0.15, 0.2) is 5.76 Å². The summed E-state index contributed by atoms with van der Waals surface area (Å²) in [7, 11) is 4.23. The fourth-order valence-corrected chi connectivity index (χ4v) is 2.64. The van der Waals surface area contributed by atoms with Gasteiger partial charge in [0.2, 0.25) is 0 Å². The maximum atomic E-state index is 12.3. The molecule has 0 saturated carbocycles. The van der Waals surface area contributed by atoms with Crippen molar-refractivity contribution in [3.8, 4) is 0 Å². The van der Waals surface area contributed by atoms with E-state index in [9.17, 15) is 4.79 Å². The second-order valence-corrected chi connectivity index (χ2v) is 5.98. The van der Waals surface area contributed by atoms with Gasteiger partial charge in [-0.3, -0.25) is 4.79 Å². The van der Waals surface area contributed by atoms with Crippen molar-refractivity contribution in [2.24, 2.45) is 0 Å². The van der Waals surface area contributed by atoms with Gasteiger partial charge >= 0.3 is 0 Å². The van der Waals surface area contributed by atoms with E-state index >= 15 is 0 Å². The molecule has 0 bridgehead atoms. The van der Waals surface area contributed by atoms with Crippen LogP contribution in [0.4, 0.5) is 0 Å². The first-order chi connectivity index (χ1) is 11.1. The summed E-state index contributed by atoms with van der Waals surface area (Å²) < 4.78 is 5.60. The molecule has 1 amide bonds. The first-order valence-corrected chi connectivity index (χ1v) is 7.76. The van der Waals surface area contributed by atoms with Crippen LogP contribution in [0.2, 0.25) is 0 Å². The molecule has 0 aliphatic carbocycles. The van der Waals surface area contributed by atoms with Crippen molar-refractivity contribution in [1.82, 2.24) is 5.32 Å². The van der Waals surface area contributed by atoms with Gasteiger partial charge in [-0.25, -0.2) is 0 Å². The van der Waals surface area contributed by atoms with E-state index in [1.807, 2.05) is 36.4 Å². The standard InChI is InChI=1S/C19H20N2O2/c1-21(2)13-16-9-4-3-8-15(16)12-20-19(22)18-11-14-7-5-6-10-17(14)23-18/h3-11H,12-13H2,1-2H3,(H,20,22)/p+1. The summed E-state index contributed by atoms with van der Waals surface area (Å²) in [6.07, 6.45) is 0. The minimum absolute atomic E-state index is 0.187. The summed E-state index contributed by atoms with van der Waals surface area (Å²) in [4.78, 5) is 13.7. The van der Waals surface area contributed by atoms with Crippen LogP contribution in [0.3, 0.4) is 0 Å². The molecule has 0 spiro atoms. The summed E-state index contributed by atoms with van der Waals surface area (Å²) in [6.45, 7) is 1.43. The van der Waals surface area contributed by atoms with Crippen LogP contribution < -0.4 is 10.2 Å². The number of rotatable bonds is 5. The van der Waals surface area contributed by atoms with E-state index in [1.54, 1.807) is 6.07 Å². The van der Waals surface area contributed by atoms with E-state index in [4.69, 9.17) is 4.42 Å². The molecule has 0 saturated heterocycles. The monoisotopic (exact) mass is 309 g/mol. The number of nitrogens with one attached hydrogen (secondary N) is 2. The maximum Gasteiger partial charge on any atom is 0.287 e. The molecular weight excluding hydrogens is 288 g/mol. The minimum atomic E-state index is -0.187. The van der Waals surface area contributed by atoms with Crippen molar-refractivity contribution in [2.45, 2.75) is 13.1 Å². The smallest absolute Gasteiger partial charge is 0.287 e. The largest absolute Gasteiger partial charge is 0.451 e. The Hall–Kier alpha value is -2.59. The highest BCUT2D eigenvalue weighted by Crippen LogP contribution is 2.18. The van der Waals surface area contributed by atoms with Crippen LogP contribution in [-0.2, 0) is 13.1 Å². The highest BCUT2D eigenvalue weighted by Gasteiger charge is 2.13. The van der Waals surface area contributed by atoms with Crippen molar-refractivity contribution in [2.75, 3.05) is 14.1 Å². The lowest BCUT2D eigenvalue weighted by Gasteiger charge is -2.12. The predicted octanol–water partition coefficient (Wildman–Crippen LogP) is 2.01. The van der Waals surface area contributed by atoms with Crippen molar-refractivity contribution in [3.05, 3.63) is 71.5 Å². The molecule has 4 nitrogen and oxygen atoms in total. The molecule has 4 heteroatoms. The number of hydrogen-bond donors (Lipinski definition) is 2. The lowest BCUT2D eigenvalue weighted by atomic mass is 10.1. The molecule has 2 N–H and O–H groups in total. The van der Waals surface area contributed by atoms with Crippen LogP contribution in [-0.4, -0.2) is 20.0 Å². The van der Waals surface area contributed by atoms with E-state index in [-0.39, 0.29) is 5.91 Å². The number of quaternary nitrogens is 1. The Morgan fingerprint density at radius 3 is 2.48 bits per heavy atom. The van der Waals surface area contributed by atoms with Gasteiger partial charge in [0.25, 0.3) is 5.91 Å². The summed E-state index contributed by atoms with van der Waals surface area (Å²) in [5, 5.41) is 3.89. The average Bonchev–Trinajstić information content (AvgIpc) is 2.97. The zero-order valence-corrected chi connectivity index (χ0v) is 13.4. The number of carbonyl (C=O) groups is 1. The highest BCUT2D eigenvalue weighted by molar-refractivity contribution is 5.96. The second-order valence-electron chi connectivity index (χ2n) is 5.98. The summed E-state index contributed by atoms with van der Waals surface area (Å²) >= 11 is 0. The van der Waals surface area contributed by atoms with Gasteiger partial charge in [0.05, 0.1) is 14.1 Å². The molecule has 1 heterocycles. The molecule has 3 aromatic rings. The Labute approximate surface area is 135 Å². The number of fused-ring (bicyclic) bond motifs is 1. The normalized spacial score (nSPS) is 11.1. The molecule has 1 aromatic heterocycles. The minimum Gasteiger partial charge on any atom is -0.451 e. The Balaban J connectivity index is 1.71. The van der Waals surface area contributed by atoms with E-state index in [0.717, 1.165) is 23.1 Å². The lowest BCUT2D eigenvalue weighted by molar-refractivity contribution is -0.872. The van der Waals surface area contributed by atoms with Crippen molar-refractivity contribution < 1.29 is 14.1 Å². The zero-order chi connectivity index (χ0) is 16.2. The molecular formula is C19H21N2O2+. The van der Waals surface area contributed by atoms with E-state index in [2.05, 4.69) is 31.5 Å². The van der Waals surface area contributed by atoms with Crippen molar-refractivity contribution in [1.29, 1.82) is 0 Å². The summed E-state index contributed by atoms with van der Waals surface area (Å²) in [5.41, 5.74) is 3.12. The Bertz CT molecular complexity index is 788. The molecule has 0 radical (unpaired) electrons. The molecule has 0 unspecified atom stereocenters. The first-order valence-electron chi connectivity index (χ1n) is 7.76. The third-order valence-electron chi connectivity index (χ3n) is 3.75. The second kappa shape index (κ2) is 6.67. The molecule has 3 rings (SSSR count). The predicted molar refractivity (Wildman–Crippen MR) is 90.3 cm³/mol. The fourth-order valence-electron chi connectivity index (χ4n) is 2.64. The van der Waals surface area contributed by atoms with Crippen molar-refractivity contribution >= 4 is 16.9 Å². The van der Waals surface area contributed by atoms with Gasteiger partial charge < -0.3 is 14.6 Å². The molecule has 23 heavy (non-hydrogen) atoms. The molecule has 0 aliphatic heterocycles. The van der Waals surface area contributed by atoms with Crippen LogP contribution >= 0.6 is 0 Å². The van der Waals surface area contributed by atoms with E-state index in [0.29, 0.717) is 12.3 Å². The number of hydrogen-bond acceptors (Lipinski definition) is 2. The van der Waals surface area contributed by atoms with Gasteiger partial charge in [-0.1, -0.05) is 42.5 Å². The Morgan fingerprint density at radius 2 is 1.74 bits per heavy atom. The zero-order valence-electron chi connectivity index (χ0n) is 13.4. The van der Waals surface area contributed by atoms with E-state index in [1.165, 1.54) is 10.5 Å². The van der Waals surface area contributed by atoms with Gasteiger partial charge in [0.1, 0.15) is 12.1 Å². The molecule has 0 aliphatic rings. The number of para-hydroxylation sites is 1. The van der Waals surface area contributed by atoms with Gasteiger partial charge in [-0.2, -0.15) is 0 Å². The molecule has 0 atom stereocenters. The molecule has 118 valence electrons. The number of carbonyl (C=O) groups excluding carboxylic acids is 1. The number of amides is 1. The van der Waals surface area contributed by atoms with Gasteiger partial charge in [-0.15, -0.1) is 0 Å².